The molecule has 0 aliphatic carbocycles. The molecule has 28 heavy (non-hydrogen) atoms. The summed E-state index contributed by atoms with van der Waals surface area (Å²) in [5.41, 5.74) is 0.793. The van der Waals surface area contributed by atoms with Crippen molar-refractivity contribution in [3.63, 3.8) is 0 Å². The van der Waals surface area contributed by atoms with Crippen LogP contribution in [0.2, 0.25) is 0 Å². The number of piperidine rings is 1. The van der Waals surface area contributed by atoms with Crippen molar-refractivity contribution in [3.8, 4) is 0 Å². The number of ether oxygens (including phenoxy) is 1. The molecule has 152 valence electrons. The standard InChI is InChI=1S/C11H13N5O2.C9H17N/c17-11-5-12-4-10(14-11)13-9-3-8(15-16-9)7-1-2-18-6-7;1-2-8-4-3-5-9-6-7-10(8)9/h3-5,7H,1-2,6H2,(H3,13,14,15,16,17);8-9H,2-7H2,1H3. The zero-order valence-corrected chi connectivity index (χ0v) is 16.5. The Balaban J connectivity index is 0.000000162. The lowest BCUT2D eigenvalue weighted by molar-refractivity contribution is 0.00126. The summed E-state index contributed by atoms with van der Waals surface area (Å²) in [6.07, 6.45) is 11.0. The van der Waals surface area contributed by atoms with Crippen molar-refractivity contribution < 1.29 is 4.74 Å². The van der Waals surface area contributed by atoms with Gasteiger partial charge in [-0.15, -0.1) is 0 Å². The Bertz CT molecular complexity index is 811. The molecule has 5 rings (SSSR count). The van der Waals surface area contributed by atoms with E-state index < -0.39 is 0 Å². The average Bonchev–Trinajstić information content (AvgIpc) is 3.35. The van der Waals surface area contributed by atoms with E-state index in [-0.39, 0.29) is 5.56 Å². The van der Waals surface area contributed by atoms with Gasteiger partial charge in [0.05, 0.1) is 19.0 Å². The summed E-state index contributed by atoms with van der Waals surface area (Å²) < 4.78 is 5.33. The molecule has 0 bridgehead atoms. The molecule has 0 aromatic carbocycles. The first-order chi connectivity index (χ1) is 13.7. The molecule has 3 aliphatic rings. The molecular weight excluding hydrogens is 356 g/mol. The van der Waals surface area contributed by atoms with Gasteiger partial charge in [-0.2, -0.15) is 5.10 Å². The van der Waals surface area contributed by atoms with Crippen molar-refractivity contribution in [2.24, 2.45) is 0 Å². The topological polar surface area (TPSA) is 98.9 Å². The van der Waals surface area contributed by atoms with Gasteiger partial charge < -0.3 is 15.0 Å². The molecule has 2 aromatic heterocycles. The number of nitrogens with one attached hydrogen (secondary N) is 3. The second kappa shape index (κ2) is 8.87. The average molecular weight is 387 g/mol. The van der Waals surface area contributed by atoms with Crippen LogP contribution in [0.25, 0.3) is 0 Å². The molecule has 3 atom stereocenters. The van der Waals surface area contributed by atoms with E-state index in [1.54, 1.807) is 0 Å². The maximum Gasteiger partial charge on any atom is 0.267 e. The Morgan fingerprint density at radius 2 is 2.21 bits per heavy atom. The summed E-state index contributed by atoms with van der Waals surface area (Å²) in [5.74, 6) is 1.55. The van der Waals surface area contributed by atoms with Gasteiger partial charge in [-0.05, 0) is 32.1 Å². The molecule has 8 nitrogen and oxygen atoms in total. The number of aromatic amines is 2. The third kappa shape index (κ3) is 4.44. The number of nitrogens with zero attached hydrogens (tertiary/aromatic N) is 3. The molecular formula is C20H30N6O2. The number of fused-ring (bicyclic) bond motifs is 1. The van der Waals surface area contributed by atoms with Crippen LogP contribution >= 0.6 is 0 Å². The molecule has 8 heteroatoms. The maximum absolute atomic E-state index is 11.1. The van der Waals surface area contributed by atoms with Gasteiger partial charge in [-0.3, -0.25) is 19.8 Å². The quantitative estimate of drug-likeness (QED) is 0.747. The maximum atomic E-state index is 11.1. The van der Waals surface area contributed by atoms with Gasteiger partial charge in [0, 0.05) is 42.9 Å². The number of aromatic nitrogens is 4. The summed E-state index contributed by atoms with van der Waals surface area (Å²) in [6.45, 7) is 5.24. The highest BCUT2D eigenvalue weighted by Gasteiger charge is 2.35. The van der Waals surface area contributed by atoms with Crippen molar-refractivity contribution in [1.29, 1.82) is 0 Å². The zero-order valence-electron chi connectivity index (χ0n) is 16.5. The number of H-pyrrole nitrogens is 2. The minimum atomic E-state index is -0.250. The van der Waals surface area contributed by atoms with Crippen LogP contribution in [-0.2, 0) is 4.74 Å². The highest BCUT2D eigenvalue weighted by Crippen LogP contribution is 2.33. The largest absolute Gasteiger partial charge is 0.381 e. The molecule has 0 amide bonds. The fraction of sp³-hybridized carbons (Fsp3) is 0.650. The Morgan fingerprint density at radius 1 is 1.29 bits per heavy atom. The minimum absolute atomic E-state index is 0.250. The molecule has 0 spiro atoms. The SMILES string of the molecule is CCC1CCCC2CCN12.O=c1cncc(Nc2cc(C3CCOC3)[nH]n2)[nH]1. The fourth-order valence-electron chi connectivity index (χ4n) is 4.41. The Kier molecular flexibility index (Phi) is 6.07. The lowest BCUT2D eigenvalue weighted by atomic mass is 9.86. The highest BCUT2D eigenvalue weighted by atomic mass is 16.5. The van der Waals surface area contributed by atoms with Gasteiger partial charge in [-0.25, -0.2) is 0 Å². The summed E-state index contributed by atoms with van der Waals surface area (Å²) in [5, 5.41) is 10.1. The van der Waals surface area contributed by atoms with E-state index in [0.29, 0.717) is 17.6 Å². The molecule has 3 aliphatic heterocycles. The van der Waals surface area contributed by atoms with Crippen molar-refractivity contribution in [1.82, 2.24) is 25.1 Å². The van der Waals surface area contributed by atoms with E-state index in [0.717, 1.165) is 37.4 Å². The van der Waals surface area contributed by atoms with Crippen LogP contribution in [0.1, 0.15) is 57.1 Å². The minimum Gasteiger partial charge on any atom is -0.381 e. The summed E-state index contributed by atoms with van der Waals surface area (Å²) >= 11 is 0. The molecule has 2 aromatic rings. The van der Waals surface area contributed by atoms with Gasteiger partial charge in [0.1, 0.15) is 5.82 Å². The Morgan fingerprint density at radius 3 is 2.89 bits per heavy atom. The van der Waals surface area contributed by atoms with E-state index in [2.05, 4.69) is 37.3 Å². The van der Waals surface area contributed by atoms with Crippen molar-refractivity contribution in [2.45, 2.75) is 63.5 Å². The Hall–Kier alpha value is -2.19. The number of hydrogen-bond donors (Lipinski definition) is 3. The van der Waals surface area contributed by atoms with E-state index in [1.165, 1.54) is 51.0 Å². The normalized spacial score (nSPS) is 26.7. The van der Waals surface area contributed by atoms with Gasteiger partial charge in [0.15, 0.2) is 5.82 Å². The fourth-order valence-corrected chi connectivity index (χ4v) is 4.41. The van der Waals surface area contributed by atoms with Crippen LogP contribution < -0.4 is 10.9 Å². The molecule has 3 N–H and O–H groups in total. The summed E-state index contributed by atoms with van der Waals surface area (Å²) in [6, 6.07) is 3.87. The first-order valence-corrected chi connectivity index (χ1v) is 10.4. The lowest BCUT2D eigenvalue weighted by Gasteiger charge is -2.49. The van der Waals surface area contributed by atoms with Crippen molar-refractivity contribution in [3.05, 3.63) is 34.5 Å². The van der Waals surface area contributed by atoms with Crippen LogP contribution in [0.15, 0.2) is 23.3 Å². The Labute approximate surface area is 165 Å². The van der Waals surface area contributed by atoms with Gasteiger partial charge in [0.2, 0.25) is 0 Å². The van der Waals surface area contributed by atoms with E-state index in [9.17, 15) is 4.79 Å². The van der Waals surface area contributed by atoms with Crippen LogP contribution in [0.5, 0.6) is 0 Å². The number of anilines is 2. The zero-order chi connectivity index (χ0) is 19.3. The first-order valence-electron chi connectivity index (χ1n) is 10.4. The predicted molar refractivity (Wildman–Crippen MR) is 108 cm³/mol. The molecule has 0 saturated carbocycles. The molecule has 0 radical (unpaired) electrons. The number of rotatable bonds is 4. The van der Waals surface area contributed by atoms with E-state index >= 15 is 0 Å². The number of hydrogen-bond acceptors (Lipinski definition) is 6. The monoisotopic (exact) mass is 386 g/mol. The second-order valence-electron chi connectivity index (χ2n) is 7.88. The smallest absolute Gasteiger partial charge is 0.267 e. The van der Waals surface area contributed by atoms with Crippen LogP contribution in [-0.4, -0.2) is 56.9 Å². The van der Waals surface area contributed by atoms with Crippen LogP contribution in [0.3, 0.4) is 0 Å². The predicted octanol–water partition coefficient (Wildman–Crippen LogP) is 2.76. The summed E-state index contributed by atoms with van der Waals surface area (Å²) in [4.78, 5) is 20.2. The van der Waals surface area contributed by atoms with Crippen molar-refractivity contribution >= 4 is 11.6 Å². The third-order valence-corrected chi connectivity index (χ3v) is 6.09. The van der Waals surface area contributed by atoms with Crippen LogP contribution in [0, 0.1) is 0 Å². The van der Waals surface area contributed by atoms with Gasteiger partial charge in [-0.1, -0.05) is 13.3 Å². The van der Waals surface area contributed by atoms with E-state index in [1.807, 2.05) is 6.07 Å². The molecule has 5 heterocycles. The highest BCUT2D eigenvalue weighted by molar-refractivity contribution is 5.50. The third-order valence-electron chi connectivity index (χ3n) is 6.09. The van der Waals surface area contributed by atoms with E-state index in [4.69, 9.17) is 4.74 Å². The molecule has 3 fully saturated rings. The molecule has 3 saturated heterocycles. The summed E-state index contributed by atoms with van der Waals surface area (Å²) in [7, 11) is 0. The first kappa shape index (κ1) is 19.1. The van der Waals surface area contributed by atoms with Gasteiger partial charge >= 0.3 is 0 Å². The van der Waals surface area contributed by atoms with Crippen molar-refractivity contribution in [2.75, 3.05) is 25.1 Å². The lowest BCUT2D eigenvalue weighted by Crippen LogP contribution is -2.55. The van der Waals surface area contributed by atoms with Gasteiger partial charge in [0.25, 0.3) is 5.56 Å². The second-order valence-corrected chi connectivity index (χ2v) is 7.88. The molecule has 3 unspecified atom stereocenters. The van der Waals surface area contributed by atoms with Crippen LogP contribution in [0.4, 0.5) is 11.6 Å².